The van der Waals surface area contributed by atoms with E-state index in [1.54, 1.807) is 0 Å². The fourth-order valence-electron chi connectivity index (χ4n) is 2.79. The molecule has 0 unspecified atom stereocenters. The smallest absolute Gasteiger partial charge is 0.328 e. The number of hydrogen-bond acceptors (Lipinski definition) is 3. The molecule has 1 amide bonds. The Bertz CT molecular complexity index is 549. The Balaban J connectivity index is 2.24. The number of amides is 1. The van der Waals surface area contributed by atoms with Crippen molar-refractivity contribution in [3.63, 3.8) is 0 Å². The van der Waals surface area contributed by atoms with Gasteiger partial charge in [0.1, 0.15) is 0 Å². The van der Waals surface area contributed by atoms with E-state index < -0.39 is 23.5 Å². The zero-order chi connectivity index (χ0) is 15.6. The maximum Gasteiger partial charge on any atom is 0.328 e. The first-order valence-corrected chi connectivity index (χ1v) is 7.16. The van der Waals surface area contributed by atoms with Crippen LogP contribution < -0.4 is 5.32 Å². The summed E-state index contributed by atoms with van der Waals surface area (Å²) in [7, 11) is 0. The number of carboxylic acids is 1. The number of carbonyl (C=O) groups is 2. The number of carboxylic acid groups (broad SMARTS) is 1. The monoisotopic (exact) mass is 291 g/mol. The van der Waals surface area contributed by atoms with Gasteiger partial charge in [-0.2, -0.15) is 0 Å². The van der Waals surface area contributed by atoms with Crippen molar-refractivity contribution in [2.24, 2.45) is 0 Å². The Morgan fingerprint density at radius 1 is 1.33 bits per heavy atom. The van der Waals surface area contributed by atoms with Crippen molar-refractivity contribution in [2.75, 3.05) is 0 Å². The minimum absolute atomic E-state index is 0.312. The summed E-state index contributed by atoms with van der Waals surface area (Å²) in [6, 6.07) is 6.46. The quantitative estimate of drug-likeness (QED) is 0.764. The molecule has 0 spiro atoms. The van der Waals surface area contributed by atoms with Gasteiger partial charge < -0.3 is 15.5 Å². The zero-order valence-electron chi connectivity index (χ0n) is 12.3. The van der Waals surface area contributed by atoms with Crippen LogP contribution in [0.3, 0.4) is 0 Å². The highest BCUT2D eigenvalue weighted by Gasteiger charge is 2.47. The summed E-state index contributed by atoms with van der Waals surface area (Å²) in [5, 5.41) is 21.1. The Labute approximate surface area is 124 Å². The highest BCUT2D eigenvalue weighted by molar-refractivity contribution is 5.92. The third-order valence-corrected chi connectivity index (χ3v) is 4.25. The molecule has 0 heterocycles. The minimum Gasteiger partial charge on any atom is -0.480 e. The molecule has 2 atom stereocenters. The second-order valence-electron chi connectivity index (χ2n) is 5.84. The topological polar surface area (TPSA) is 86.6 Å². The summed E-state index contributed by atoms with van der Waals surface area (Å²) in [5.74, 6) is -1.54. The first-order valence-electron chi connectivity index (χ1n) is 7.16. The molecular weight excluding hydrogens is 270 g/mol. The van der Waals surface area contributed by atoms with Crippen LogP contribution >= 0.6 is 0 Å². The van der Waals surface area contributed by atoms with E-state index in [1.165, 1.54) is 6.92 Å². The van der Waals surface area contributed by atoms with Crippen molar-refractivity contribution in [1.82, 2.24) is 5.32 Å². The molecule has 1 aromatic rings. The fourth-order valence-corrected chi connectivity index (χ4v) is 2.79. The van der Waals surface area contributed by atoms with Gasteiger partial charge >= 0.3 is 5.97 Å². The second-order valence-corrected chi connectivity index (χ2v) is 5.84. The van der Waals surface area contributed by atoms with Crippen LogP contribution in [0.1, 0.15) is 37.3 Å². The number of carbonyl (C=O) groups excluding carboxylic acids is 1. The molecule has 1 aliphatic rings. The summed E-state index contributed by atoms with van der Waals surface area (Å²) < 4.78 is 0. The number of nitrogens with one attached hydrogen (secondary N) is 1. The van der Waals surface area contributed by atoms with Crippen LogP contribution in [-0.2, 0) is 15.0 Å². The van der Waals surface area contributed by atoms with Crippen molar-refractivity contribution < 1.29 is 19.8 Å². The summed E-state index contributed by atoms with van der Waals surface area (Å²) in [4.78, 5) is 23.7. The Hall–Kier alpha value is -1.88. The Morgan fingerprint density at radius 3 is 2.43 bits per heavy atom. The molecule has 5 nitrogen and oxygen atoms in total. The van der Waals surface area contributed by atoms with Gasteiger partial charge in [-0.3, -0.25) is 4.79 Å². The zero-order valence-corrected chi connectivity index (χ0v) is 12.3. The molecular formula is C16H21NO4. The number of hydrogen-bond donors (Lipinski definition) is 3. The van der Waals surface area contributed by atoms with Gasteiger partial charge in [-0.05, 0) is 32.3 Å². The number of aliphatic hydroxyl groups excluding tert-OH is 1. The van der Waals surface area contributed by atoms with Gasteiger partial charge in [-0.1, -0.05) is 36.2 Å². The molecule has 0 aliphatic heterocycles. The van der Waals surface area contributed by atoms with Crippen molar-refractivity contribution in [3.8, 4) is 0 Å². The molecule has 2 rings (SSSR count). The number of aliphatic hydroxyl groups is 1. The summed E-state index contributed by atoms with van der Waals surface area (Å²) in [6.45, 7) is 3.32. The van der Waals surface area contributed by atoms with Gasteiger partial charge in [0.25, 0.3) is 0 Å². The third kappa shape index (κ3) is 2.93. The van der Waals surface area contributed by atoms with Crippen molar-refractivity contribution >= 4 is 11.9 Å². The van der Waals surface area contributed by atoms with Crippen LogP contribution in [-0.4, -0.2) is 34.2 Å². The van der Waals surface area contributed by atoms with Crippen molar-refractivity contribution in [3.05, 3.63) is 35.4 Å². The SMILES string of the molecule is Cc1cccc(C2(C(=O)N[C@H](C(=O)O)[C@@H](C)O)CCC2)c1. The standard InChI is InChI=1S/C16H21NO4/c1-10-5-3-6-12(9-10)16(7-4-8-16)15(21)17-13(11(2)18)14(19)20/h3,5-6,9,11,13,18H,4,7-8H2,1-2H3,(H,17,21)(H,19,20)/t11-,13+/m1/s1. The molecule has 3 N–H and O–H groups in total. The largest absolute Gasteiger partial charge is 0.480 e. The normalized spacial score (nSPS) is 19.2. The molecule has 5 heteroatoms. The van der Waals surface area contributed by atoms with Gasteiger partial charge in [0.2, 0.25) is 5.91 Å². The van der Waals surface area contributed by atoms with E-state index >= 15 is 0 Å². The summed E-state index contributed by atoms with van der Waals surface area (Å²) in [6.07, 6.45) is 1.21. The van der Waals surface area contributed by atoms with Crippen LogP contribution in [0.4, 0.5) is 0 Å². The molecule has 0 bridgehead atoms. The lowest BCUT2D eigenvalue weighted by Gasteiger charge is -2.41. The molecule has 1 aliphatic carbocycles. The van der Waals surface area contributed by atoms with E-state index in [0.717, 1.165) is 17.5 Å². The molecule has 0 radical (unpaired) electrons. The van der Waals surface area contributed by atoms with Gasteiger partial charge in [-0.25, -0.2) is 4.79 Å². The van der Waals surface area contributed by atoms with Crippen molar-refractivity contribution in [1.29, 1.82) is 0 Å². The van der Waals surface area contributed by atoms with Crippen LogP contribution in [0.25, 0.3) is 0 Å². The number of benzene rings is 1. The average Bonchev–Trinajstić information content (AvgIpc) is 2.34. The lowest BCUT2D eigenvalue weighted by molar-refractivity contribution is -0.146. The Morgan fingerprint density at radius 2 is 2.00 bits per heavy atom. The predicted octanol–water partition coefficient (Wildman–Crippen LogP) is 1.37. The van der Waals surface area contributed by atoms with Gasteiger partial charge in [0.15, 0.2) is 6.04 Å². The number of aryl methyl sites for hydroxylation is 1. The van der Waals surface area contributed by atoms with Gasteiger partial charge in [-0.15, -0.1) is 0 Å². The molecule has 21 heavy (non-hydrogen) atoms. The van der Waals surface area contributed by atoms with E-state index in [4.69, 9.17) is 5.11 Å². The minimum atomic E-state index is -1.28. The van der Waals surface area contributed by atoms with E-state index in [-0.39, 0.29) is 5.91 Å². The lowest BCUT2D eigenvalue weighted by Crippen LogP contribution is -2.56. The van der Waals surface area contributed by atoms with E-state index in [9.17, 15) is 14.7 Å². The van der Waals surface area contributed by atoms with Crippen LogP contribution in [0.5, 0.6) is 0 Å². The first-order chi connectivity index (χ1) is 9.86. The van der Waals surface area contributed by atoms with Gasteiger partial charge in [0.05, 0.1) is 11.5 Å². The van der Waals surface area contributed by atoms with E-state index in [1.807, 2.05) is 31.2 Å². The first kappa shape index (κ1) is 15.5. The third-order valence-electron chi connectivity index (χ3n) is 4.25. The van der Waals surface area contributed by atoms with E-state index in [0.29, 0.717) is 12.8 Å². The highest BCUT2D eigenvalue weighted by Crippen LogP contribution is 2.44. The summed E-state index contributed by atoms with van der Waals surface area (Å²) in [5.41, 5.74) is 1.33. The maximum absolute atomic E-state index is 12.6. The van der Waals surface area contributed by atoms with Crippen LogP contribution in [0.15, 0.2) is 24.3 Å². The van der Waals surface area contributed by atoms with Gasteiger partial charge in [0, 0.05) is 0 Å². The van der Waals surface area contributed by atoms with Crippen molar-refractivity contribution in [2.45, 2.75) is 50.7 Å². The van der Waals surface area contributed by atoms with Crippen LogP contribution in [0.2, 0.25) is 0 Å². The lowest BCUT2D eigenvalue weighted by atomic mass is 9.63. The molecule has 1 aromatic carbocycles. The average molecular weight is 291 g/mol. The Kier molecular flexibility index (Phi) is 4.32. The molecule has 114 valence electrons. The molecule has 1 fully saturated rings. The molecule has 0 aromatic heterocycles. The molecule has 0 saturated heterocycles. The van der Waals surface area contributed by atoms with E-state index in [2.05, 4.69) is 5.32 Å². The van der Waals surface area contributed by atoms with Crippen LogP contribution in [0, 0.1) is 6.92 Å². The second kappa shape index (κ2) is 5.85. The summed E-state index contributed by atoms with van der Waals surface area (Å²) >= 11 is 0. The number of aliphatic carboxylic acids is 1. The fraction of sp³-hybridized carbons (Fsp3) is 0.500. The predicted molar refractivity (Wildman–Crippen MR) is 78.0 cm³/mol. The highest BCUT2D eigenvalue weighted by atomic mass is 16.4. The molecule has 1 saturated carbocycles. The maximum atomic E-state index is 12.6. The number of rotatable bonds is 5.